The molecule has 1 amide bonds. The van der Waals surface area contributed by atoms with Crippen molar-refractivity contribution in [1.82, 2.24) is 9.88 Å². The van der Waals surface area contributed by atoms with Crippen LogP contribution >= 0.6 is 32.9 Å². The van der Waals surface area contributed by atoms with Crippen LogP contribution in [0.2, 0.25) is 0 Å². The quantitative estimate of drug-likeness (QED) is 0.0920. The summed E-state index contributed by atoms with van der Waals surface area (Å²) in [6, 6.07) is 30.4. The number of thiazole rings is 1. The number of nitrogens with zero attached hydrogens (tertiary/aromatic N) is 2. The summed E-state index contributed by atoms with van der Waals surface area (Å²) in [6.45, 7) is 5.75. The van der Waals surface area contributed by atoms with Crippen LogP contribution in [0.15, 0.2) is 125 Å². The Kier molecular flexibility index (Phi) is 10.2. The highest BCUT2D eigenvalue weighted by atomic mass is 33.1. The standard InChI is InChI=1S/C24H22N2O3S3.C6H6/c1-16(2)21(26-19(27)15-20(26)31-32-24-25-13-14-30-24)23(28)29-22(17-9-5-3-6-10-17)18-11-7-4-8-12-18;1-2-4-6-5-3-1/h3-14,20-22H,1,15H2,2H3;1-6H. The zero-order valence-corrected chi connectivity index (χ0v) is 23.3. The lowest BCUT2D eigenvalue weighted by atomic mass is 10.00. The number of likely N-dealkylation sites (tertiary alicyclic amines) is 1. The summed E-state index contributed by atoms with van der Waals surface area (Å²) < 4.78 is 6.94. The van der Waals surface area contributed by atoms with Gasteiger partial charge < -0.3 is 9.64 Å². The highest BCUT2D eigenvalue weighted by Gasteiger charge is 2.46. The maximum Gasteiger partial charge on any atom is 0.334 e. The van der Waals surface area contributed by atoms with Gasteiger partial charge in [0.05, 0.1) is 11.8 Å². The Morgan fingerprint density at radius 2 is 1.50 bits per heavy atom. The lowest BCUT2D eigenvalue weighted by Crippen LogP contribution is -2.59. The van der Waals surface area contributed by atoms with Crippen molar-refractivity contribution in [2.75, 3.05) is 0 Å². The minimum Gasteiger partial charge on any atom is -0.451 e. The molecule has 0 bridgehead atoms. The van der Waals surface area contributed by atoms with Gasteiger partial charge in [-0.3, -0.25) is 4.79 Å². The number of amides is 1. The summed E-state index contributed by atoms with van der Waals surface area (Å²) in [4.78, 5) is 31.8. The Morgan fingerprint density at radius 3 is 1.95 bits per heavy atom. The van der Waals surface area contributed by atoms with Crippen molar-refractivity contribution in [1.29, 1.82) is 0 Å². The molecule has 5 rings (SSSR count). The molecule has 0 N–H and O–H groups in total. The van der Waals surface area contributed by atoms with Crippen LogP contribution in [0.5, 0.6) is 0 Å². The first-order valence-corrected chi connectivity index (χ1v) is 15.1. The van der Waals surface area contributed by atoms with Crippen LogP contribution in [0.4, 0.5) is 0 Å². The van der Waals surface area contributed by atoms with Gasteiger partial charge in [-0.25, -0.2) is 9.78 Å². The summed E-state index contributed by atoms with van der Waals surface area (Å²) in [5, 5.41) is 1.77. The highest BCUT2D eigenvalue weighted by molar-refractivity contribution is 8.77. The number of carbonyl (C=O) groups is 2. The second kappa shape index (κ2) is 14.0. The fraction of sp³-hybridized carbons (Fsp3) is 0.167. The molecule has 1 fully saturated rings. The lowest BCUT2D eigenvalue weighted by molar-refractivity contribution is -0.162. The van der Waals surface area contributed by atoms with E-state index in [0.29, 0.717) is 12.0 Å². The first-order valence-electron chi connectivity index (χ1n) is 12.0. The van der Waals surface area contributed by atoms with E-state index in [-0.39, 0.29) is 11.3 Å². The van der Waals surface area contributed by atoms with E-state index in [9.17, 15) is 9.59 Å². The number of hydrogen-bond donors (Lipinski definition) is 0. The number of aromatic nitrogens is 1. The molecule has 3 aromatic carbocycles. The van der Waals surface area contributed by atoms with Crippen molar-refractivity contribution >= 4 is 44.8 Å². The number of rotatable bonds is 9. The molecule has 4 aromatic rings. The summed E-state index contributed by atoms with van der Waals surface area (Å²) in [5.74, 6) is -0.559. The summed E-state index contributed by atoms with van der Waals surface area (Å²) in [6.07, 6.45) is 1.55. The van der Waals surface area contributed by atoms with E-state index in [1.807, 2.05) is 102 Å². The molecule has 2 unspecified atom stereocenters. The van der Waals surface area contributed by atoms with Gasteiger partial charge in [0.25, 0.3) is 0 Å². The van der Waals surface area contributed by atoms with E-state index in [0.717, 1.165) is 15.5 Å². The van der Waals surface area contributed by atoms with Gasteiger partial charge in [-0.05, 0) is 34.4 Å². The van der Waals surface area contributed by atoms with Crippen LogP contribution in [-0.4, -0.2) is 33.2 Å². The van der Waals surface area contributed by atoms with E-state index in [2.05, 4.69) is 11.6 Å². The minimum absolute atomic E-state index is 0.0804. The van der Waals surface area contributed by atoms with Crippen molar-refractivity contribution < 1.29 is 14.3 Å². The van der Waals surface area contributed by atoms with Crippen LogP contribution in [0.1, 0.15) is 30.6 Å². The smallest absolute Gasteiger partial charge is 0.334 e. The van der Waals surface area contributed by atoms with Crippen molar-refractivity contribution in [3.05, 3.63) is 132 Å². The molecule has 2 heterocycles. The largest absolute Gasteiger partial charge is 0.451 e. The van der Waals surface area contributed by atoms with Crippen LogP contribution in [-0.2, 0) is 14.3 Å². The molecule has 1 aliphatic rings. The van der Waals surface area contributed by atoms with Gasteiger partial charge >= 0.3 is 5.97 Å². The summed E-state index contributed by atoms with van der Waals surface area (Å²) >= 11 is 1.54. The monoisotopic (exact) mass is 560 g/mol. The van der Waals surface area contributed by atoms with Crippen molar-refractivity contribution in [2.24, 2.45) is 0 Å². The second-order valence-electron chi connectivity index (χ2n) is 8.48. The number of β-lactam (4-membered cyclic amide) rings is 1. The van der Waals surface area contributed by atoms with Crippen molar-refractivity contribution in [2.45, 2.75) is 35.2 Å². The maximum atomic E-state index is 13.4. The Balaban J connectivity index is 0.000000494. The molecule has 5 nitrogen and oxygen atoms in total. The zero-order chi connectivity index (χ0) is 26.7. The molecule has 0 radical (unpaired) electrons. The molecule has 0 spiro atoms. The first kappa shape index (κ1) is 27.7. The zero-order valence-electron chi connectivity index (χ0n) is 20.9. The molecule has 194 valence electrons. The van der Waals surface area contributed by atoms with Gasteiger partial charge in [0.15, 0.2) is 16.5 Å². The fourth-order valence-electron chi connectivity index (χ4n) is 3.84. The normalized spacial score (nSPS) is 15.2. The van der Waals surface area contributed by atoms with E-state index in [1.54, 1.807) is 29.4 Å². The summed E-state index contributed by atoms with van der Waals surface area (Å²) in [7, 11) is 3.04. The number of hydrogen-bond acceptors (Lipinski definition) is 7. The average molecular weight is 561 g/mol. The predicted molar refractivity (Wildman–Crippen MR) is 157 cm³/mol. The topological polar surface area (TPSA) is 59.5 Å². The van der Waals surface area contributed by atoms with Gasteiger partial charge in [0, 0.05) is 11.6 Å². The van der Waals surface area contributed by atoms with Crippen molar-refractivity contribution in [3.8, 4) is 0 Å². The van der Waals surface area contributed by atoms with E-state index in [4.69, 9.17) is 4.74 Å². The average Bonchev–Trinajstić information content (AvgIpc) is 3.48. The molecule has 2 atom stereocenters. The third kappa shape index (κ3) is 7.37. The molecule has 38 heavy (non-hydrogen) atoms. The Hall–Kier alpha value is -3.33. The molecule has 8 heteroatoms. The lowest BCUT2D eigenvalue weighted by Gasteiger charge is -2.44. The van der Waals surface area contributed by atoms with Crippen LogP contribution in [0, 0.1) is 0 Å². The number of esters is 1. The van der Waals surface area contributed by atoms with Gasteiger partial charge in [0.1, 0.15) is 0 Å². The number of carbonyl (C=O) groups excluding carboxylic acids is 2. The van der Waals surface area contributed by atoms with Crippen LogP contribution in [0.25, 0.3) is 0 Å². The first-order chi connectivity index (χ1) is 18.5. The Bertz CT molecular complexity index is 1240. The molecular weight excluding hydrogens is 533 g/mol. The Morgan fingerprint density at radius 1 is 0.974 bits per heavy atom. The second-order valence-corrected chi connectivity index (χ2v) is 12.0. The van der Waals surface area contributed by atoms with Gasteiger partial charge in [0.2, 0.25) is 5.91 Å². The van der Waals surface area contributed by atoms with E-state index >= 15 is 0 Å². The molecule has 1 aliphatic heterocycles. The van der Waals surface area contributed by atoms with Crippen molar-refractivity contribution in [3.63, 3.8) is 0 Å². The van der Waals surface area contributed by atoms with E-state index < -0.39 is 18.1 Å². The molecule has 0 saturated carbocycles. The SMILES string of the molecule is C=C(C)C(C(=O)OC(c1ccccc1)c1ccccc1)N1C(=O)CC1SSc1nccs1.c1ccccc1. The minimum atomic E-state index is -0.833. The molecule has 1 aromatic heterocycles. The third-order valence-corrected chi connectivity index (χ3v) is 9.47. The van der Waals surface area contributed by atoms with Crippen LogP contribution in [0.3, 0.4) is 0 Å². The predicted octanol–water partition coefficient (Wildman–Crippen LogP) is 7.41. The molecule has 1 saturated heterocycles. The maximum absolute atomic E-state index is 13.4. The van der Waals surface area contributed by atoms with Gasteiger partial charge in [-0.1, -0.05) is 114 Å². The van der Waals surface area contributed by atoms with Gasteiger partial charge in [-0.2, -0.15) is 0 Å². The Labute approximate surface area is 235 Å². The fourth-order valence-corrected chi connectivity index (χ4v) is 7.26. The number of benzene rings is 3. The van der Waals surface area contributed by atoms with E-state index in [1.165, 1.54) is 21.6 Å². The van der Waals surface area contributed by atoms with Gasteiger partial charge in [-0.15, -0.1) is 11.3 Å². The van der Waals surface area contributed by atoms with Crippen LogP contribution < -0.4 is 0 Å². The third-order valence-electron chi connectivity index (χ3n) is 5.66. The molecule has 0 aliphatic carbocycles. The molecular formula is C30H28N2O3S3. The number of ether oxygens (including phenoxy) is 1. The highest BCUT2D eigenvalue weighted by Crippen LogP contribution is 2.44. The summed E-state index contributed by atoms with van der Waals surface area (Å²) in [5.41, 5.74) is 2.31.